The quantitative estimate of drug-likeness (QED) is 0.396. The highest BCUT2D eigenvalue weighted by atomic mass is 19.1. The molecular formula is C17H20FNO6. The predicted molar refractivity (Wildman–Crippen MR) is 86.6 cm³/mol. The van der Waals surface area contributed by atoms with E-state index >= 15 is 0 Å². The minimum Gasteiger partial charge on any atom is -0.486 e. The molecule has 2 N–H and O–H groups in total. The van der Waals surface area contributed by atoms with Crippen LogP contribution >= 0.6 is 0 Å². The minimum atomic E-state index is -2.32. The summed E-state index contributed by atoms with van der Waals surface area (Å²) >= 11 is 0. The zero-order chi connectivity index (χ0) is 19.0. The minimum absolute atomic E-state index is 0.0496. The van der Waals surface area contributed by atoms with E-state index in [9.17, 15) is 23.9 Å². The van der Waals surface area contributed by atoms with Crippen LogP contribution < -0.4 is 10.1 Å². The highest BCUT2D eigenvalue weighted by Gasteiger charge is 2.49. The fourth-order valence-corrected chi connectivity index (χ4v) is 2.16. The Morgan fingerprint density at radius 2 is 2.08 bits per heavy atom. The van der Waals surface area contributed by atoms with Crippen LogP contribution in [0.4, 0.5) is 4.39 Å². The van der Waals surface area contributed by atoms with E-state index in [0.29, 0.717) is 0 Å². The first-order valence-electron chi connectivity index (χ1n) is 7.48. The molecule has 0 heterocycles. The van der Waals surface area contributed by atoms with Gasteiger partial charge >= 0.3 is 11.9 Å². The van der Waals surface area contributed by atoms with Gasteiger partial charge in [0.2, 0.25) is 11.4 Å². The molecule has 0 aliphatic rings. The number of amides is 1. The Balaban J connectivity index is 3.28. The third-order valence-corrected chi connectivity index (χ3v) is 3.20. The van der Waals surface area contributed by atoms with Gasteiger partial charge in [-0.15, -0.1) is 0 Å². The SMILES string of the molecule is C=CCOc1cc(CC(NC(C)=O)(C(=O)O)C(=O)OCC)ccc1F. The first-order chi connectivity index (χ1) is 11.8. The van der Waals surface area contributed by atoms with Crippen LogP contribution in [0.3, 0.4) is 0 Å². The summed E-state index contributed by atoms with van der Waals surface area (Å²) in [6.07, 6.45) is 0.981. The maximum absolute atomic E-state index is 13.7. The lowest BCUT2D eigenvalue weighted by Crippen LogP contribution is -2.61. The monoisotopic (exact) mass is 353 g/mol. The third kappa shape index (κ3) is 5.03. The van der Waals surface area contributed by atoms with Crippen molar-refractivity contribution in [2.24, 2.45) is 0 Å². The Morgan fingerprint density at radius 3 is 2.60 bits per heavy atom. The molecule has 1 atom stereocenters. The fourth-order valence-electron chi connectivity index (χ4n) is 2.16. The van der Waals surface area contributed by atoms with Crippen LogP contribution in [0, 0.1) is 5.82 Å². The standard InChI is InChI=1S/C17H20FNO6/c1-4-8-25-14-9-12(6-7-13(14)18)10-17(15(21)22,19-11(3)20)16(23)24-5-2/h4,6-7,9H,1,5,8,10H2,2-3H3,(H,19,20)(H,21,22). The average Bonchev–Trinajstić information content (AvgIpc) is 2.54. The number of rotatable bonds is 9. The summed E-state index contributed by atoms with van der Waals surface area (Å²) in [6.45, 7) is 6.03. The molecule has 1 rings (SSSR count). The van der Waals surface area contributed by atoms with E-state index in [1.807, 2.05) is 0 Å². The number of hydrogen-bond acceptors (Lipinski definition) is 5. The number of halogens is 1. The fraction of sp³-hybridized carbons (Fsp3) is 0.353. The third-order valence-electron chi connectivity index (χ3n) is 3.20. The second-order valence-electron chi connectivity index (χ2n) is 5.15. The van der Waals surface area contributed by atoms with Gasteiger partial charge in [-0.2, -0.15) is 0 Å². The number of carbonyl (C=O) groups is 3. The maximum atomic E-state index is 13.7. The normalized spacial score (nSPS) is 12.6. The molecule has 0 aromatic heterocycles. The average molecular weight is 353 g/mol. The zero-order valence-corrected chi connectivity index (χ0v) is 14.0. The Hall–Kier alpha value is -2.90. The summed E-state index contributed by atoms with van der Waals surface area (Å²) in [5, 5.41) is 11.7. The zero-order valence-electron chi connectivity index (χ0n) is 14.0. The van der Waals surface area contributed by atoms with Crippen molar-refractivity contribution in [3.8, 4) is 5.75 Å². The van der Waals surface area contributed by atoms with Crippen molar-refractivity contribution >= 4 is 17.8 Å². The number of benzene rings is 1. The van der Waals surface area contributed by atoms with Crippen LogP contribution in [0.5, 0.6) is 5.75 Å². The topological polar surface area (TPSA) is 102 Å². The summed E-state index contributed by atoms with van der Waals surface area (Å²) in [7, 11) is 0. The molecular weight excluding hydrogens is 333 g/mol. The van der Waals surface area contributed by atoms with Gasteiger partial charge in [0.05, 0.1) is 6.61 Å². The van der Waals surface area contributed by atoms with Crippen LogP contribution in [-0.2, 0) is 25.5 Å². The molecule has 0 aliphatic carbocycles. The van der Waals surface area contributed by atoms with Crippen molar-refractivity contribution in [2.45, 2.75) is 25.8 Å². The lowest BCUT2D eigenvalue weighted by Gasteiger charge is -2.28. The number of nitrogens with one attached hydrogen (secondary N) is 1. The molecule has 1 amide bonds. The van der Waals surface area contributed by atoms with E-state index in [2.05, 4.69) is 11.9 Å². The Labute approximate surface area is 144 Å². The van der Waals surface area contributed by atoms with Crippen molar-refractivity contribution < 1.29 is 33.4 Å². The van der Waals surface area contributed by atoms with Gasteiger partial charge in [-0.3, -0.25) is 4.79 Å². The molecule has 0 saturated heterocycles. The molecule has 0 radical (unpaired) electrons. The number of aliphatic carboxylic acids is 1. The highest BCUT2D eigenvalue weighted by Crippen LogP contribution is 2.23. The van der Waals surface area contributed by atoms with Gasteiger partial charge in [0.25, 0.3) is 0 Å². The molecule has 8 heteroatoms. The van der Waals surface area contributed by atoms with Crippen LogP contribution in [0.15, 0.2) is 30.9 Å². The second-order valence-corrected chi connectivity index (χ2v) is 5.15. The van der Waals surface area contributed by atoms with Crippen molar-refractivity contribution in [3.63, 3.8) is 0 Å². The van der Waals surface area contributed by atoms with Gasteiger partial charge in [-0.05, 0) is 24.6 Å². The molecule has 0 saturated carbocycles. The van der Waals surface area contributed by atoms with E-state index in [1.165, 1.54) is 25.1 Å². The summed E-state index contributed by atoms with van der Waals surface area (Å²) in [6, 6.07) is 3.64. The van der Waals surface area contributed by atoms with Crippen molar-refractivity contribution in [3.05, 3.63) is 42.2 Å². The van der Waals surface area contributed by atoms with Gasteiger partial charge in [0.15, 0.2) is 11.6 Å². The van der Waals surface area contributed by atoms with Gasteiger partial charge < -0.3 is 19.9 Å². The summed E-state index contributed by atoms with van der Waals surface area (Å²) in [5.41, 5.74) is -2.06. The van der Waals surface area contributed by atoms with Crippen molar-refractivity contribution in [1.82, 2.24) is 5.32 Å². The maximum Gasteiger partial charge on any atom is 0.344 e. The number of carboxylic acid groups (broad SMARTS) is 1. The van der Waals surface area contributed by atoms with Crippen LogP contribution in [0.2, 0.25) is 0 Å². The Bertz CT molecular complexity index is 675. The number of esters is 1. The molecule has 7 nitrogen and oxygen atoms in total. The Morgan fingerprint density at radius 1 is 1.40 bits per heavy atom. The molecule has 0 aliphatic heterocycles. The number of ether oxygens (including phenoxy) is 2. The predicted octanol–water partition coefficient (Wildman–Crippen LogP) is 1.46. The highest BCUT2D eigenvalue weighted by molar-refractivity contribution is 6.07. The van der Waals surface area contributed by atoms with Gasteiger partial charge in [-0.25, -0.2) is 14.0 Å². The van der Waals surface area contributed by atoms with E-state index in [4.69, 9.17) is 9.47 Å². The Kier molecular flexibility index (Phi) is 7.10. The lowest BCUT2D eigenvalue weighted by atomic mass is 9.90. The smallest absolute Gasteiger partial charge is 0.344 e. The van der Waals surface area contributed by atoms with Crippen LogP contribution in [0.25, 0.3) is 0 Å². The van der Waals surface area contributed by atoms with Crippen molar-refractivity contribution in [2.75, 3.05) is 13.2 Å². The lowest BCUT2D eigenvalue weighted by molar-refractivity contribution is -0.164. The molecule has 0 bridgehead atoms. The van der Waals surface area contributed by atoms with Crippen LogP contribution in [0.1, 0.15) is 19.4 Å². The molecule has 1 aromatic carbocycles. The van der Waals surface area contributed by atoms with Gasteiger partial charge in [0, 0.05) is 13.3 Å². The van der Waals surface area contributed by atoms with Crippen molar-refractivity contribution in [1.29, 1.82) is 0 Å². The molecule has 0 fully saturated rings. The van der Waals surface area contributed by atoms with Crippen LogP contribution in [-0.4, -0.2) is 41.7 Å². The molecule has 1 unspecified atom stereocenters. The number of carbonyl (C=O) groups excluding carboxylic acids is 2. The number of hydrogen-bond donors (Lipinski definition) is 2. The van der Waals surface area contributed by atoms with E-state index in [0.717, 1.165) is 13.0 Å². The molecule has 25 heavy (non-hydrogen) atoms. The van der Waals surface area contributed by atoms with E-state index in [-0.39, 0.29) is 24.5 Å². The van der Waals surface area contributed by atoms with E-state index in [1.54, 1.807) is 0 Å². The molecule has 0 spiro atoms. The van der Waals surface area contributed by atoms with Gasteiger partial charge in [-0.1, -0.05) is 18.7 Å². The summed E-state index contributed by atoms with van der Waals surface area (Å²) < 4.78 is 23.7. The summed E-state index contributed by atoms with van der Waals surface area (Å²) in [4.78, 5) is 35.4. The van der Waals surface area contributed by atoms with Gasteiger partial charge in [0.1, 0.15) is 6.61 Å². The molecule has 136 valence electrons. The van der Waals surface area contributed by atoms with E-state index < -0.39 is 35.6 Å². The molecule has 1 aromatic rings. The summed E-state index contributed by atoms with van der Waals surface area (Å²) in [5.74, 6) is -4.19. The number of carboxylic acids is 1. The first kappa shape index (κ1) is 20.1. The largest absolute Gasteiger partial charge is 0.486 e. The second kappa shape index (κ2) is 8.81. The first-order valence-corrected chi connectivity index (χ1v) is 7.48.